The van der Waals surface area contributed by atoms with Crippen LogP contribution in [-0.2, 0) is 10.5 Å². The molecule has 0 radical (unpaired) electrons. The van der Waals surface area contributed by atoms with E-state index in [0.29, 0.717) is 38.4 Å². The Labute approximate surface area is 205 Å². The molecule has 2 heterocycles. The molecule has 8 nitrogen and oxygen atoms in total. The molecular weight excluding hydrogens is 479 g/mol. The van der Waals surface area contributed by atoms with Crippen LogP contribution in [0, 0.1) is 6.92 Å². The summed E-state index contributed by atoms with van der Waals surface area (Å²) in [5.74, 6) is -0.136. The van der Waals surface area contributed by atoms with E-state index in [1.807, 2.05) is 6.92 Å². The maximum atomic E-state index is 13.5. The summed E-state index contributed by atoms with van der Waals surface area (Å²) in [6, 6.07) is 17.3. The Hall–Kier alpha value is -3.59. The standard InChI is InChI=1S/C24H19ClN4O4.ClH/c1-13-7-9-15(25)12-20(13)29-21(30)16-5-3-4-6-17(16)24(29,32)14-8-10-18-19(11-14)27-22(26-18)28-23(31)33-2;/h3-12,32H,1-2H3,(H2,26,27,28,31);1H. The highest BCUT2D eigenvalue weighted by Crippen LogP contribution is 2.46. The minimum Gasteiger partial charge on any atom is -0.453 e. The van der Waals surface area contributed by atoms with Gasteiger partial charge in [0.1, 0.15) is 0 Å². The van der Waals surface area contributed by atoms with Crippen molar-refractivity contribution in [2.75, 3.05) is 17.3 Å². The number of halogens is 2. The van der Waals surface area contributed by atoms with Crippen molar-refractivity contribution in [2.45, 2.75) is 12.6 Å². The van der Waals surface area contributed by atoms with Gasteiger partial charge in [-0.25, -0.2) is 9.78 Å². The molecule has 1 aliphatic heterocycles. The minimum atomic E-state index is -1.79. The van der Waals surface area contributed by atoms with Crippen LogP contribution in [0.5, 0.6) is 0 Å². The van der Waals surface area contributed by atoms with Gasteiger partial charge in [-0.05, 0) is 42.8 Å². The molecule has 10 heteroatoms. The normalized spacial score (nSPS) is 16.8. The molecule has 1 atom stereocenters. The van der Waals surface area contributed by atoms with Crippen LogP contribution in [0.2, 0.25) is 5.02 Å². The predicted molar refractivity (Wildman–Crippen MR) is 132 cm³/mol. The van der Waals surface area contributed by atoms with Gasteiger partial charge in [0.15, 0.2) is 5.72 Å². The summed E-state index contributed by atoms with van der Waals surface area (Å²) >= 11 is 6.25. The number of aliphatic hydroxyl groups is 1. The number of nitrogens with zero attached hydrogens (tertiary/aromatic N) is 2. The highest BCUT2D eigenvalue weighted by molar-refractivity contribution is 6.31. The number of anilines is 2. The second-order valence-corrected chi connectivity index (χ2v) is 8.16. The number of methoxy groups -OCH3 is 1. The lowest BCUT2D eigenvalue weighted by molar-refractivity contribution is 0.0703. The molecule has 5 rings (SSSR count). The highest BCUT2D eigenvalue weighted by Gasteiger charge is 2.51. The topological polar surface area (TPSA) is 108 Å². The Morgan fingerprint density at radius 3 is 2.71 bits per heavy atom. The van der Waals surface area contributed by atoms with E-state index in [9.17, 15) is 14.7 Å². The minimum absolute atomic E-state index is 0. The van der Waals surface area contributed by atoms with E-state index in [-0.39, 0.29) is 24.3 Å². The number of aromatic amines is 1. The first-order valence-electron chi connectivity index (χ1n) is 10.1. The number of hydrogen-bond donors (Lipinski definition) is 3. The van der Waals surface area contributed by atoms with E-state index < -0.39 is 11.8 Å². The van der Waals surface area contributed by atoms with Crippen molar-refractivity contribution in [3.05, 3.63) is 87.9 Å². The van der Waals surface area contributed by atoms with Gasteiger partial charge in [0.25, 0.3) is 5.91 Å². The number of ether oxygens (including phenoxy) is 1. The number of amides is 2. The van der Waals surface area contributed by atoms with Gasteiger partial charge >= 0.3 is 6.09 Å². The van der Waals surface area contributed by atoms with Crippen LogP contribution in [0.4, 0.5) is 16.4 Å². The largest absolute Gasteiger partial charge is 0.453 e. The van der Waals surface area contributed by atoms with Gasteiger partial charge < -0.3 is 14.8 Å². The molecule has 3 N–H and O–H groups in total. The van der Waals surface area contributed by atoms with Gasteiger partial charge in [-0.1, -0.05) is 41.9 Å². The van der Waals surface area contributed by atoms with Crippen molar-refractivity contribution < 1.29 is 19.4 Å². The van der Waals surface area contributed by atoms with E-state index in [0.717, 1.165) is 5.56 Å². The zero-order valence-electron chi connectivity index (χ0n) is 18.1. The fourth-order valence-electron chi connectivity index (χ4n) is 4.19. The van der Waals surface area contributed by atoms with Crippen LogP contribution in [0.1, 0.15) is 27.0 Å². The molecule has 0 saturated heterocycles. The molecule has 174 valence electrons. The molecule has 2 amide bonds. The second-order valence-electron chi connectivity index (χ2n) is 7.72. The first-order valence-corrected chi connectivity index (χ1v) is 10.5. The summed E-state index contributed by atoms with van der Waals surface area (Å²) in [5, 5.41) is 15.1. The van der Waals surface area contributed by atoms with Gasteiger partial charge in [-0.3, -0.25) is 15.0 Å². The molecule has 0 spiro atoms. The third kappa shape index (κ3) is 3.56. The van der Waals surface area contributed by atoms with Crippen molar-refractivity contribution >= 4 is 58.7 Å². The summed E-state index contributed by atoms with van der Waals surface area (Å²) in [4.78, 5) is 33.7. The van der Waals surface area contributed by atoms with E-state index in [1.165, 1.54) is 12.0 Å². The number of carbonyl (C=O) groups excluding carboxylic acids is 2. The zero-order chi connectivity index (χ0) is 23.3. The third-order valence-corrected chi connectivity index (χ3v) is 6.00. The zero-order valence-corrected chi connectivity index (χ0v) is 19.7. The highest BCUT2D eigenvalue weighted by atomic mass is 35.5. The van der Waals surface area contributed by atoms with Crippen LogP contribution in [0.25, 0.3) is 11.0 Å². The van der Waals surface area contributed by atoms with Crippen LogP contribution in [-0.4, -0.2) is 34.2 Å². The lowest BCUT2D eigenvalue weighted by Crippen LogP contribution is -2.45. The van der Waals surface area contributed by atoms with E-state index in [4.69, 9.17) is 11.6 Å². The number of benzene rings is 3. The Balaban J connectivity index is 0.00000274. The summed E-state index contributed by atoms with van der Waals surface area (Å²) < 4.78 is 4.60. The van der Waals surface area contributed by atoms with Crippen LogP contribution >= 0.6 is 24.0 Å². The summed E-state index contributed by atoms with van der Waals surface area (Å²) in [5.41, 5.74) is 1.93. The van der Waals surface area contributed by atoms with Gasteiger partial charge in [0.2, 0.25) is 5.95 Å². The number of imidazole rings is 1. The molecular formula is C24H20Cl2N4O4. The lowest BCUT2D eigenvalue weighted by atomic mass is 9.93. The molecule has 34 heavy (non-hydrogen) atoms. The number of nitrogens with one attached hydrogen (secondary N) is 2. The average molecular weight is 499 g/mol. The van der Waals surface area contributed by atoms with Gasteiger partial charge in [0.05, 0.1) is 23.8 Å². The van der Waals surface area contributed by atoms with Gasteiger partial charge in [-0.15, -0.1) is 12.4 Å². The van der Waals surface area contributed by atoms with E-state index in [1.54, 1.807) is 60.7 Å². The van der Waals surface area contributed by atoms with Crippen molar-refractivity contribution in [1.82, 2.24) is 9.97 Å². The van der Waals surface area contributed by atoms with E-state index >= 15 is 0 Å². The number of aryl methyl sites for hydroxylation is 1. The Bertz CT molecular complexity index is 1440. The molecule has 0 bridgehead atoms. The Morgan fingerprint density at radius 1 is 1.18 bits per heavy atom. The molecule has 1 unspecified atom stereocenters. The van der Waals surface area contributed by atoms with Gasteiger partial charge in [-0.2, -0.15) is 0 Å². The predicted octanol–water partition coefficient (Wildman–Crippen LogP) is 4.98. The van der Waals surface area contributed by atoms with Crippen LogP contribution in [0.3, 0.4) is 0 Å². The van der Waals surface area contributed by atoms with Crippen LogP contribution < -0.4 is 10.2 Å². The lowest BCUT2D eigenvalue weighted by Gasteiger charge is -2.35. The SMILES string of the molecule is COC(=O)Nc1nc2ccc(C3(O)c4ccccc4C(=O)N3c3cc(Cl)ccc3C)cc2[nH]1.Cl. The molecule has 1 aromatic heterocycles. The maximum absolute atomic E-state index is 13.5. The summed E-state index contributed by atoms with van der Waals surface area (Å²) in [6.45, 7) is 1.85. The second kappa shape index (κ2) is 8.64. The maximum Gasteiger partial charge on any atom is 0.413 e. The molecule has 0 aliphatic carbocycles. The fraction of sp³-hybridized carbons (Fsp3) is 0.125. The Kier molecular flexibility index (Phi) is 5.99. The number of H-pyrrole nitrogens is 1. The van der Waals surface area contributed by atoms with Crippen LogP contribution in [0.15, 0.2) is 60.7 Å². The third-order valence-electron chi connectivity index (χ3n) is 5.76. The number of rotatable bonds is 3. The molecule has 3 aromatic carbocycles. The number of carbonyl (C=O) groups is 2. The molecule has 1 aliphatic rings. The molecule has 0 fully saturated rings. The Morgan fingerprint density at radius 2 is 1.94 bits per heavy atom. The number of fused-ring (bicyclic) bond motifs is 2. The first-order chi connectivity index (χ1) is 15.8. The smallest absolute Gasteiger partial charge is 0.413 e. The molecule has 4 aromatic rings. The summed E-state index contributed by atoms with van der Waals surface area (Å²) in [6.07, 6.45) is -0.661. The van der Waals surface area contributed by atoms with Crippen molar-refractivity contribution in [2.24, 2.45) is 0 Å². The fourth-order valence-corrected chi connectivity index (χ4v) is 4.35. The van der Waals surface area contributed by atoms with Crippen molar-refractivity contribution in [3.63, 3.8) is 0 Å². The average Bonchev–Trinajstić information content (AvgIpc) is 3.31. The molecule has 0 saturated carbocycles. The number of aromatic nitrogens is 2. The summed E-state index contributed by atoms with van der Waals surface area (Å²) in [7, 11) is 1.26. The van der Waals surface area contributed by atoms with Crippen molar-refractivity contribution in [3.8, 4) is 0 Å². The first kappa shape index (κ1) is 23.6. The van der Waals surface area contributed by atoms with Gasteiger partial charge in [0, 0.05) is 21.7 Å². The van der Waals surface area contributed by atoms with E-state index in [2.05, 4.69) is 20.0 Å². The van der Waals surface area contributed by atoms with Crippen molar-refractivity contribution in [1.29, 1.82) is 0 Å². The quantitative estimate of drug-likeness (QED) is 0.369. The monoisotopic (exact) mass is 498 g/mol. The number of hydrogen-bond acceptors (Lipinski definition) is 5.